The fourth-order valence-electron chi connectivity index (χ4n) is 3.90. The number of hydrogen-bond donors (Lipinski definition) is 0. The van der Waals surface area contributed by atoms with E-state index in [1.54, 1.807) is 0 Å². The van der Waals surface area contributed by atoms with E-state index in [0.717, 1.165) is 55.3 Å². The maximum atomic E-state index is 5.50. The Hall–Kier alpha value is -2.00. The Morgan fingerprint density at radius 2 is 1.64 bits per heavy atom. The van der Waals surface area contributed by atoms with Crippen molar-refractivity contribution in [3.05, 3.63) is 53.0 Å². The smallest absolute Gasteiger partial charge is 0.0756 e. The van der Waals surface area contributed by atoms with Crippen LogP contribution in [-0.4, -0.2) is 23.2 Å². The van der Waals surface area contributed by atoms with Crippen LogP contribution >= 0.6 is 0 Å². The highest BCUT2D eigenvalue weighted by Gasteiger charge is 2.13. The molecule has 2 heterocycles. The first kappa shape index (κ1) is 34.0. The predicted octanol–water partition coefficient (Wildman–Crippen LogP) is 10.2. The highest BCUT2D eigenvalue weighted by atomic mass is 16.5. The molecule has 3 nitrogen and oxygen atoms in total. The Morgan fingerprint density at radius 1 is 0.972 bits per heavy atom. The highest BCUT2D eigenvalue weighted by molar-refractivity contribution is 5.69. The van der Waals surface area contributed by atoms with Crippen molar-refractivity contribution >= 4 is 5.57 Å². The number of hydrogen-bond acceptors (Lipinski definition) is 3. The van der Waals surface area contributed by atoms with Gasteiger partial charge in [0.1, 0.15) is 0 Å². The molecule has 204 valence electrons. The van der Waals surface area contributed by atoms with E-state index in [0.29, 0.717) is 11.8 Å². The topological polar surface area (TPSA) is 35.0 Å². The van der Waals surface area contributed by atoms with Crippen molar-refractivity contribution in [2.45, 2.75) is 121 Å². The number of aromatic nitrogens is 2. The van der Waals surface area contributed by atoms with Crippen molar-refractivity contribution in [1.29, 1.82) is 0 Å². The number of ether oxygens (including phenoxy) is 1. The Morgan fingerprint density at radius 3 is 2.19 bits per heavy atom. The monoisotopic (exact) mass is 496 g/mol. The summed E-state index contributed by atoms with van der Waals surface area (Å²) in [5.74, 6) is 1.14. The van der Waals surface area contributed by atoms with Gasteiger partial charge in [-0.05, 0) is 87.6 Å². The Balaban J connectivity index is 0.00000227. The van der Waals surface area contributed by atoms with Crippen LogP contribution in [0.15, 0.2) is 30.3 Å². The van der Waals surface area contributed by atoms with Crippen molar-refractivity contribution in [3.63, 3.8) is 0 Å². The zero-order chi connectivity index (χ0) is 27.5. The molecule has 0 fully saturated rings. The van der Waals surface area contributed by atoms with Crippen molar-refractivity contribution in [1.82, 2.24) is 9.97 Å². The third-order valence-corrected chi connectivity index (χ3v) is 6.12. The SMILES string of the molecule is CC.CCC.CCOCCCC(CC)C/C=C(/C)c1ccc(C)c(-c2ccc(C(C)C)nc2CC)n1. The second-order valence-electron chi connectivity index (χ2n) is 9.54. The molecule has 0 N–H and O–H groups in total. The standard InChI is InChI=1S/C28H42N2O.C3H8.C2H6/c1-8-23(12-11-19-31-10-3)15-13-21(6)27-17-14-22(7)28(30-27)24-16-18-26(20(4)5)29-25(24)9-2;1-3-2;1-2/h13-14,16-18,20,23H,8-12,15,19H2,1-7H3;3H2,1-2H3;1-2H3/b21-13-;;. The molecular weight excluding hydrogens is 440 g/mol. The summed E-state index contributed by atoms with van der Waals surface area (Å²) in [7, 11) is 0. The Labute approximate surface area is 224 Å². The van der Waals surface area contributed by atoms with Crippen LogP contribution in [0.25, 0.3) is 16.8 Å². The zero-order valence-corrected chi connectivity index (χ0v) is 25.5. The summed E-state index contributed by atoms with van der Waals surface area (Å²) >= 11 is 0. The number of aryl methyl sites for hydroxylation is 2. The summed E-state index contributed by atoms with van der Waals surface area (Å²) in [4.78, 5) is 10.0. The third-order valence-electron chi connectivity index (χ3n) is 6.12. The molecular formula is C33H56N2O. The minimum atomic E-state index is 0.435. The van der Waals surface area contributed by atoms with Crippen LogP contribution in [0.3, 0.4) is 0 Å². The molecule has 0 radical (unpaired) electrons. The van der Waals surface area contributed by atoms with E-state index in [1.165, 1.54) is 36.0 Å². The van der Waals surface area contributed by atoms with Gasteiger partial charge >= 0.3 is 0 Å². The predicted molar refractivity (Wildman–Crippen MR) is 161 cm³/mol. The first-order valence-electron chi connectivity index (χ1n) is 14.5. The van der Waals surface area contributed by atoms with E-state index >= 15 is 0 Å². The lowest BCUT2D eigenvalue weighted by molar-refractivity contribution is 0.139. The molecule has 0 aliphatic heterocycles. The maximum Gasteiger partial charge on any atom is 0.0756 e. The summed E-state index contributed by atoms with van der Waals surface area (Å²) in [6.45, 7) is 25.2. The second-order valence-corrected chi connectivity index (χ2v) is 9.54. The molecule has 1 atom stereocenters. The molecule has 2 aromatic rings. The first-order chi connectivity index (χ1) is 17.3. The quantitative estimate of drug-likeness (QED) is 0.274. The van der Waals surface area contributed by atoms with Crippen LogP contribution in [0.4, 0.5) is 0 Å². The minimum absolute atomic E-state index is 0.435. The Kier molecular flexibility index (Phi) is 19.0. The van der Waals surface area contributed by atoms with E-state index in [2.05, 4.69) is 92.7 Å². The van der Waals surface area contributed by atoms with Crippen molar-refractivity contribution in [2.75, 3.05) is 13.2 Å². The average Bonchev–Trinajstić information content (AvgIpc) is 2.89. The molecule has 0 saturated carbocycles. The van der Waals surface area contributed by atoms with Crippen molar-refractivity contribution in [3.8, 4) is 11.3 Å². The number of allylic oxidation sites excluding steroid dienone is 2. The van der Waals surface area contributed by atoms with Gasteiger partial charge in [0.05, 0.1) is 11.4 Å². The lowest BCUT2D eigenvalue weighted by Gasteiger charge is -2.15. The molecule has 0 amide bonds. The molecule has 3 heteroatoms. The van der Waals surface area contributed by atoms with E-state index in [1.807, 2.05) is 13.8 Å². The number of pyridine rings is 2. The fourth-order valence-corrected chi connectivity index (χ4v) is 3.90. The molecule has 0 bridgehead atoms. The molecule has 0 aromatic carbocycles. The van der Waals surface area contributed by atoms with Crippen LogP contribution < -0.4 is 0 Å². The van der Waals surface area contributed by atoms with Crippen LogP contribution in [0.1, 0.15) is 130 Å². The summed E-state index contributed by atoms with van der Waals surface area (Å²) in [5.41, 5.74) is 8.05. The molecule has 0 aliphatic carbocycles. The molecule has 2 rings (SSSR count). The summed E-state index contributed by atoms with van der Waals surface area (Å²) < 4.78 is 5.50. The van der Waals surface area contributed by atoms with Gasteiger partial charge in [0.2, 0.25) is 0 Å². The van der Waals surface area contributed by atoms with Gasteiger partial charge in [0.25, 0.3) is 0 Å². The van der Waals surface area contributed by atoms with Gasteiger partial charge in [-0.3, -0.25) is 4.98 Å². The van der Waals surface area contributed by atoms with Gasteiger partial charge in [0, 0.05) is 30.2 Å². The number of nitrogens with zero attached hydrogens (tertiary/aromatic N) is 2. The van der Waals surface area contributed by atoms with Crippen LogP contribution in [0.5, 0.6) is 0 Å². The molecule has 0 aliphatic rings. The van der Waals surface area contributed by atoms with Crippen molar-refractivity contribution in [2.24, 2.45) is 5.92 Å². The summed E-state index contributed by atoms with van der Waals surface area (Å²) in [5, 5.41) is 0. The lowest BCUT2D eigenvalue weighted by Crippen LogP contribution is -2.03. The average molecular weight is 497 g/mol. The molecule has 36 heavy (non-hydrogen) atoms. The minimum Gasteiger partial charge on any atom is -0.382 e. The van der Waals surface area contributed by atoms with Gasteiger partial charge in [-0.1, -0.05) is 80.4 Å². The van der Waals surface area contributed by atoms with Crippen LogP contribution in [0, 0.1) is 12.8 Å². The van der Waals surface area contributed by atoms with Crippen LogP contribution in [-0.2, 0) is 11.2 Å². The summed E-state index contributed by atoms with van der Waals surface area (Å²) in [6.07, 6.45) is 9.21. The number of rotatable bonds is 12. The molecule has 0 spiro atoms. The highest BCUT2D eigenvalue weighted by Crippen LogP contribution is 2.29. The molecule has 2 aromatic heterocycles. The molecule has 1 unspecified atom stereocenters. The van der Waals surface area contributed by atoms with E-state index in [-0.39, 0.29) is 0 Å². The van der Waals surface area contributed by atoms with Gasteiger partial charge in [-0.15, -0.1) is 0 Å². The summed E-state index contributed by atoms with van der Waals surface area (Å²) in [6, 6.07) is 8.72. The molecule has 0 saturated heterocycles. The fraction of sp³-hybridized carbons (Fsp3) is 0.636. The van der Waals surface area contributed by atoms with E-state index < -0.39 is 0 Å². The van der Waals surface area contributed by atoms with Gasteiger partial charge in [-0.2, -0.15) is 0 Å². The van der Waals surface area contributed by atoms with E-state index in [9.17, 15) is 0 Å². The first-order valence-corrected chi connectivity index (χ1v) is 14.5. The second kappa shape index (κ2) is 20.1. The van der Waals surface area contributed by atoms with Gasteiger partial charge in [0.15, 0.2) is 0 Å². The normalized spacial score (nSPS) is 11.9. The zero-order valence-electron chi connectivity index (χ0n) is 25.5. The van der Waals surface area contributed by atoms with Crippen LogP contribution in [0.2, 0.25) is 0 Å². The van der Waals surface area contributed by atoms with Gasteiger partial charge < -0.3 is 4.74 Å². The maximum absolute atomic E-state index is 5.50. The lowest BCUT2D eigenvalue weighted by atomic mass is 9.95. The van der Waals surface area contributed by atoms with Crippen molar-refractivity contribution < 1.29 is 4.74 Å². The Bertz CT molecular complexity index is 870. The largest absolute Gasteiger partial charge is 0.382 e. The third kappa shape index (κ3) is 11.8. The van der Waals surface area contributed by atoms with E-state index in [4.69, 9.17) is 14.7 Å². The van der Waals surface area contributed by atoms with Gasteiger partial charge in [-0.25, -0.2) is 4.98 Å².